The monoisotopic (exact) mass is 422 g/mol. The maximum atomic E-state index is 13.7. The summed E-state index contributed by atoms with van der Waals surface area (Å²) in [4.78, 5) is 19.3. The summed E-state index contributed by atoms with van der Waals surface area (Å²) < 4.78 is 27.4. The van der Waals surface area contributed by atoms with Crippen LogP contribution in [0.1, 0.15) is 54.9 Å². The Balaban J connectivity index is 1.85. The van der Waals surface area contributed by atoms with Gasteiger partial charge in [-0.3, -0.25) is 9.69 Å². The van der Waals surface area contributed by atoms with Gasteiger partial charge in [-0.25, -0.2) is 13.8 Å². The molecule has 0 saturated heterocycles. The molecule has 1 aliphatic heterocycles. The van der Waals surface area contributed by atoms with Gasteiger partial charge in [0.2, 0.25) is 5.91 Å². The molecule has 2 aliphatic rings. The minimum Gasteiger partial charge on any atom is -0.369 e. The first kappa shape index (κ1) is 21.0. The number of rotatable bonds is 4. The molecule has 0 bridgehead atoms. The first-order valence-electron chi connectivity index (χ1n) is 10.2. The van der Waals surface area contributed by atoms with Gasteiger partial charge in [-0.1, -0.05) is 48.5 Å². The van der Waals surface area contributed by atoms with E-state index in [4.69, 9.17) is 5.73 Å². The zero-order valence-corrected chi connectivity index (χ0v) is 17.7. The van der Waals surface area contributed by atoms with Crippen LogP contribution in [0.4, 0.5) is 8.78 Å². The van der Waals surface area contributed by atoms with Gasteiger partial charge in [0.05, 0.1) is 17.4 Å². The first-order chi connectivity index (χ1) is 14.5. The molecule has 1 fully saturated rings. The summed E-state index contributed by atoms with van der Waals surface area (Å²) in [7, 11) is 1.55. The number of likely N-dealkylation sites (N-methyl/N-ethyl adjacent to an activating group) is 1. The van der Waals surface area contributed by atoms with E-state index in [1.54, 1.807) is 19.2 Å². The molecule has 2 N–H and O–H groups in total. The smallest absolute Gasteiger partial charge is 0.270 e. The van der Waals surface area contributed by atoms with Gasteiger partial charge >= 0.3 is 0 Å². The molecule has 0 unspecified atom stereocenters. The maximum absolute atomic E-state index is 13.7. The Morgan fingerprint density at radius 2 is 1.81 bits per heavy atom. The number of aliphatic imine (C=N–C) groups is 1. The number of amides is 1. The van der Waals surface area contributed by atoms with Crippen molar-refractivity contribution >= 4 is 11.9 Å². The van der Waals surface area contributed by atoms with Crippen molar-refractivity contribution in [1.29, 1.82) is 5.26 Å². The lowest BCUT2D eigenvalue weighted by atomic mass is 9.73. The van der Waals surface area contributed by atoms with Gasteiger partial charge in [0.1, 0.15) is 5.54 Å². The molecule has 0 aromatic heterocycles. The molecular formula is C24H24F2N4O. The highest BCUT2D eigenvalue weighted by Gasteiger charge is 2.49. The van der Waals surface area contributed by atoms with Crippen LogP contribution in [0.5, 0.6) is 0 Å². The zero-order chi connectivity index (χ0) is 22.6. The lowest BCUT2D eigenvalue weighted by molar-refractivity contribution is -0.130. The van der Waals surface area contributed by atoms with Crippen LogP contribution in [0.15, 0.2) is 53.5 Å². The van der Waals surface area contributed by atoms with Gasteiger partial charge in [0.15, 0.2) is 5.96 Å². The van der Waals surface area contributed by atoms with Crippen LogP contribution in [-0.4, -0.2) is 23.8 Å². The fraction of sp³-hybridized carbons (Fsp3) is 0.375. The Hall–Kier alpha value is -3.27. The number of carbonyl (C=O) groups is 1. The average molecular weight is 422 g/mol. The van der Waals surface area contributed by atoms with Crippen molar-refractivity contribution in [2.75, 3.05) is 7.05 Å². The highest BCUT2D eigenvalue weighted by molar-refractivity contribution is 6.02. The average Bonchev–Trinajstić information content (AvgIpc) is 3.53. The van der Waals surface area contributed by atoms with Gasteiger partial charge in [0, 0.05) is 19.5 Å². The van der Waals surface area contributed by atoms with Crippen molar-refractivity contribution in [2.24, 2.45) is 10.7 Å². The third-order valence-corrected chi connectivity index (χ3v) is 6.54. The number of guanidine groups is 1. The number of benzene rings is 2. The largest absolute Gasteiger partial charge is 0.369 e. The second kappa shape index (κ2) is 6.88. The number of alkyl halides is 2. The molecule has 2 aromatic rings. The fourth-order valence-corrected chi connectivity index (χ4v) is 4.31. The standard InChI is InChI=1S/C24H24F2N4O/c1-22(17-5-4-6-18(13-17)24(14-27)11-12-24)19(20(31)30(3)21(28)29-22)15-7-9-16(10-8-15)23(2,25)26/h4-10,13,19H,11-12H2,1-3H3,(H2,28,29)/t19-,22+/m0/s1. The number of halogens is 2. The van der Waals surface area contributed by atoms with E-state index in [9.17, 15) is 18.8 Å². The summed E-state index contributed by atoms with van der Waals surface area (Å²) in [5.41, 5.74) is 6.64. The Bertz CT molecular complexity index is 1110. The quantitative estimate of drug-likeness (QED) is 0.804. The fourth-order valence-electron chi connectivity index (χ4n) is 4.31. The molecule has 2 aromatic carbocycles. The van der Waals surface area contributed by atoms with Crippen LogP contribution in [0.3, 0.4) is 0 Å². The highest BCUT2D eigenvalue weighted by atomic mass is 19.3. The van der Waals surface area contributed by atoms with Crippen LogP contribution in [0.25, 0.3) is 0 Å². The van der Waals surface area contributed by atoms with Crippen molar-refractivity contribution < 1.29 is 13.6 Å². The summed E-state index contributed by atoms with van der Waals surface area (Å²) in [6, 6.07) is 15.8. The van der Waals surface area contributed by atoms with Crippen molar-refractivity contribution in [2.45, 2.75) is 49.5 Å². The van der Waals surface area contributed by atoms with Gasteiger partial charge in [-0.05, 0) is 36.5 Å². The summed E-state index contributed by atoms with van der Waals surface area (Å²) in [5.74, 6) is -3.90. The number of nitriles is 1. The Morgan fingerprint density at radius 1 is 1.19 bits per heavy atom. The normalized spacial score (nSPS) is 25.0. The summed E-state index contributed by atoms with van der Waals surface area (Å²) in [5, 5.41) is 9.60. The molecule has 2 atom stereocenters. The molecule has 7 heteroatoms. The van der Waals surface area contributed by atoms with Crippen LogP contribution >= 0.6 is 0 Å². The molecule has 1 amide bonds. The molecule has 4 rings (SSSR count). The van der Waals surface area contributed by atoms with Crippen molar-refractivity contribution in [3.63, 3.8) is 0 Å². The van der Waals surface area contributed by atoms with Crippen molar-refractivity contribution in [3.05, 3.63) is 70.8 Å². The summed E-state index contributed by atoms with van der Waals surface area (Å²) in [6.45, 7) is 2.66. The van der Waals surface area contributed by atoms with E-state index in [0.29, 0.717) is 5.56 Å². The van der Waals surface area contributed by atoms with Crippen LogP contribution < -0.4 is 5.73 Å². The van der Waals surface area contributed by atoms with E-state index >= 15 is 0 Å². The van der Waals surface area contributed by atoms with E-state index in [2.05, 4.69) is 11.1 Å². The summed E-state index contributed by atoms with van der Waals surface area (Å²) in [6.07, 6.45) is 1.60. The van der Waals surface area contributed by atoms with Gasteiger partial charge in [0.25, 0.3) is 5.92 Å². The summed E-state index contributed by atoms with van der Waals surface area (Å²) >= 11 is 0. The Morgan fingerprint density at radius 3 is 2.35 bits per heavy atom. The van der Waals surface area contributed by atoms with E-state index in [1.807, 2.05) is 31.2 Å². The lowest BCUT2D eigenvalue weighted by Crippen LogP contribution is -2.52. The van der Waals surface area contributed by atoms with Crippen molar-refractivity contribution in [1.82, 2.24) is 4.90 Å². The van der Waals surface area contributed by atoms with E-state index in [0.717, 1.165) is 30.9 Å². The van der Waals surface area contributed by atoms with E-state index in [1.165, 1.54) is 17.0 Å². The lowest BCUT2D eigenvalue weighted by Gasteiger charge is -2.41. The molecule has 0 radical (unpaired) electrons. The molecule has 5 nitrogen and oxygen atoms in total. The third kappa shape index (κ3) is 3.36. The molecular weight excluding hydrogens is 398 g/mol. The van der Waals surface area contributed by atoms with Gasteiger partial charge in [-0.2, -0.15) is 5.26 Å². The van der Waals surface area contributed by atoms with Crippen LogP contribution in [0.2, 0.25) is 0 Å². The Labute approximate surface area is 180 Å². The SMILES string of the molecule is CN1C(=O)[C@H](c2ccc(C(C)(F)F)cc2)[C@@](C)(c2cccc(C3(C#N)CC3)c2)N=C1N. The number of hydrogen-bond acceptors (Lipinski definition) is 4. The topological polar surface area (TPSA) is 82.5 Å². The third-order valence-electron chi connectivity index (χ3n) is 6.54. The first-order valence-corrected chi connectivity index (χ1v) is 10.2. The second-order valence-corrected chi connectivity index (χ2v) is 8.73. The van der Waals surface area contributed by atoms with Gasteiger partial charge < -0.3 is 5.73 Å². The predicted molar refractivity (Wildman–Crippen MR) is 113 cm³/mol. The highest BCUT2D eigenvalue weighted by Crippen LogP contribution is 2.50. The molecule has 1 aliphatic carbocycles. The number of nitrogens with zero attached hydrogens (tertiary/aromatic N) is 3. The minimum atomic E-state index is -2.97. The predicted octanol–water partition coefficient (Wildman–Crippen LogP) is 4.14. The molecule has 0 spiro atoms. The molecule has 1 saturated carbocycles. The second-order valence-electron chi connectivity index (χ2n) is 8.73. The Kier molecular flexibility index (Phi) is 4.65. The van der Waals surface area contributed by atoms with Crippen LogP contribution in [0, 0.1) is 11.3 Å². The molecule has 1 heterocycles. The molecule has 160 valence electrons. The maximum Gasteiger partial charge on any atom is 0.270 e. The molecule has 31 heavy (non-hydrogen) atoms. The minimum absolute atomic E-state index is 0.0901. The number of carbonyl (C=O) groups excluding carboxylic acids is 1. The van der Waals surface area contributed by atoms with Crippen molar-refractivity contribution in [3.8, 4) is 6.07 Å². The van der Waals surface area contributed by atoms with Crippen LogP contribution in [-0.2, 0) is 21.7 Å². The number of nitrogens with two attached hydrogens (primary N) is 1. The van der Waals surface area contributed by atoms with E-state index < -0.39 is 22.8 Å². The van der Waals surface area contributed by atoms with Gasteiger partial charge in [-0.15, -0.1) is 0 Å². The van der Waals surface area contributed by atoms with E-state index in [-0.39, 0.29) is 17.4 Å². The number of hydrogen-bond donors (Lipinski definition) is 1. The zero-order valence-electron chi connectivity index (χ0n) is 17.7.